The van der Waals surface area contributed by atoms with Crippen molar-refractivity contribution in [3.63, 3.8) is 0 Å². The fourth-order valence-electron chi connectivity index (χ4n) is 3.93. The van der Waals surface area contributed by atoms with Gasteiger partial charge in [-0.15, -0.1) is 0 Å². The normalized spacial score (nSPS) is 21.7. The van der Waals surface area contributed by atoms with Crippen molar-refractivity contribution in [2.45, 2.75) is 43.4 Å². The average molecular weight is 381 g/mol. The molecule has 1 N–H and O–H groups in total. The van der Waals surface area contributed by atoms with E-state index in [4.69, 9.17) is 4.74 Å². The Hall–Kier alpha value is -1.60. The summed E-state index contributed by atoms with van der Waals surface area (Å²) in [5.74, 6) is 1.24. The molecule has 7 heteroatoms. The average Bonchev–Trinajstić information content (AvgIpc) is 3.21. The first-order chi connectivity index (χ1) is 12.5. The Labute approximate surface area is 156 Å². The van der Waals surface area contributed by atoms with Crippen LogP contribution < -0.4 is 9.46 Å². The number of hydrogen-bond donors (Lipinski definition) is 1. The Morgan fingerprint density at radius 1 is 1.15 bits per heavy atom. The summed E-state index contributed by atoms with van der Waals surface area (Å²) in [6.45, 7) is 1.82. The van der Waals surface area contributed by atoms with Gasteiger partial charge in [0.1, 0.15) is 5.75 Å². The molecular weight excluding hydrogens is 352 g/mol. The van der Waals surface area contributed by atoms with Crippen LogP contribution in [0.2, 0.25) is 0 Å². The number of hydrogen-bond acceptors (Lipinski definition) is 4. The molecule has 144 valence electrons. The highest BCUT2D eigenvalue weighted by Gasteiger charge is 2.31. The van der Waals surface area contributed by atoms with Gasteiger partial charge in [-0.05, 0) is 55.9 Å². The van der Waals surface area contributed by atoms with Gasteiger partial charge in [0.05, 0.1) is 12.0 Å². The summed E-state index contributed by atoms with van der Waals surface area (Å²) in [5.41, 5.74) is 0. The van der Waals surface area contributed by atoms with Crippen molar-refractivity contribution >= 4 is 15.9 Å². The third-order valence-corrected chi connectivity index (χ3v) is 6.91. The van der Waals surface area contributed by atoms with Crippen LogP contribution >= 0.6 is 0 Å². The molecule has 2 aliphatic rings. The zero-order valence-corrected chi connectivity index (χ0v) is 16.1. The highest BCUT2D eigenvalue weighted by atomic mass is 32.2. The Morgan fingerprint density at radius 2 is 1.85 bits per heavy atom. The molecule has 0 spiro atoms. The number of benzene rings is 1. The van der Waals surface area contributed by atoms with Crippen LogP contribution in [0, 0.1) is 11.8 Å². The number of likely N-dealkylation sites (tertiary alicyclic amines) is 1. The predicted octanol–water partition coefficient (Wildman–Crippen LogP) is 2.40. The number of carbonyl (C=O) groups is 1. The molecule has 1 aromatic rings. The van der Waals surface area contributed by atoms with Crippen LogP contribution in [0.25, 0.3) is 0 Å². The summed E-state index contributed by atoms with van der Waals surface area (Å²) < 4.78 is 32.7. The third kappa shape index (κ3) is 4.57. The predicted molar refractivity (Wildman–Crippen MR) is 99.4 cm³/mol. The number of sulfonamides is 1. The standard InChI is InChI=1S/C19H28N2O4S/c1-25-17-8-10-18(11-9-17)26(23,24)20-13-15-5-4-12-21(14-15)19(22)16-6-2-3-7-16/h8-11,15-16,20H,2-7,12-14H2,1H3/t15-/m0/s1. The van der Waals surface area contributed by atoms with E-state index in [1.165, 1.54) is 12.1 Å². The minimum absolute atomic E-state index is 0.169. The van der Waals surface area contributed by atoms with E-state index in [9.17, 15) is 13.2 Å². The van der Waals surface area contributed by atoms with Crippen LogP contribution in [-0.2, 0) is 14.8 Å². The van der Waals surface area contributed by atoms with Crippen LogP contribution in [0.4, 0.5) is 0 Å². The highest BCUT2D eigenvalue weighted by Crippen LogP contribution is 2.28. The molecule has 1 heterocycles. The molecule has 1 aromatic carbocycles. The third-order valence-electron chi connectivity index (χ3n) is 5.47. The van der Waals surface area contributed by atoms with Gasteiger partial charge in [-0.1, -0.05) is 12.8 Å². The Morgan fingerprint density at radius 3 is 2.50 bits per heavy atom. The fraction of sp³-hybridized carbons (Fsp3) is 0.632. The Kier molecular flexibility index (Phi) is 6.19. The number of ether oxygens (including phenoxy) is 1. The Balaban J connectivity index is 1.55. The minimum atomic E-state index is -3.55. The van der Waals surface area contributed by atoms with E-state index in [0.29, 0.717) is 18.8 Å². The van der Waals surface area contributed by atoms with E-state index in [-0.39, 0.29) is 22.6 Å². The maximum absolute atomic E-state index is 12.6. The maximum Gasteiger partial charge on any atom is 0.240 e. The van der Waals surface area contributed by atoms with Crippen LogP contribution in [0.15, 0.2) is 29.2 Å². The molecule has 3 rings (SSSR count). The van der Waals surface area contributed by atoms with Gasteiger partial charge in [-0.3, -0.25) is 4.79 Å². The summed E-state index contributed by atoms with van der Waals surface area (Å²) in [6.07, 6.45) is 6.19. The van der Waals surface area contributed by atoms with E-state index in [1.54, 1.807) is 19.2 Å². The summed E-state index contributed by atoms with van der Waals surface area (Å²) in [6, 6.07) is 6.35. The molecule has 0 bridgehead atoms. The topological polar surface area (TPSA) is 75.7 Å². The summed E-state index contributed by atoms with van der Waals surface area (Å²) in [4.78, 5) is 14.8. The largest absolute Gasteiger partial charge is 0.497 e. The summed E-state index contributed by atoms with van der Waals surface area (Å²) >= 11 is 0. The highest BCUT2D eigenvalue weighted by molar-refractivity contribution is 7.89. The molecule has 1 aliphatic heterocycles. The number of piperidine rings is 1. The van der Waals surface area contributed by atoms with Gasteiger partial charge in [0, 0.05) is 25.6 Å². The Bertz CT molecular complexity index is 712. The number of carbonyl (C=O) groups excluding carboxylic acids is 1. The zero-order chi connectivity index (χ0) is 18.6. The van der Waals surface area contributed by atoms with Gasteiger partial charge < -0.3 is 9.64 Å². The molecule has 0 aromatic heterocycles. The van der Waals surface area contributed by atoms with Crippen LogP contribution in [0.3, 0.4) is 0 Å². The second-order valence-electron chi connectivity index (χ2n) is 7.30. The van der Waals surface area contributed by atoms with E-state index >= 15 is 0 Å². The smallest absolute Gasteiger partial charge is 0.240 e. The molecule has 1 atom stereocenters. The number of amides is 1. The molecule has 1 saturated carbocycles. The molecule has 0 unspecified atom stereocenters. The number of nitrogens with one attached hydrogen (secondary N) is 1. The first kappa shape index (κ1) is 19.2. The molecule has 6 nitrogen and oxygen atoms in total. The zero-order valence-electron chi connectivity index (χ0n) is 15.3. The molecule has 1 saturated heterocycles. The lowest BCUT2D eigenvalue weighted by atomic mass is 9.96. The first-order valence-corrected chi connectivity index (χ1v) is 10.9. The lowest BCUT2D eigenvalue weighted by Gasteiger charge is -2.34. The second-order valence-corrected chi connectivity index (χ2v) is 9.07. The molecule has 26 heavy (non-hydrogen) atoms. The fourth-order valence-corrected chi connectivity index (χ4v) is 5.04. The van der Waals surface area contributed by atoms with Gasteiger partial charge in [0.2, 0.25) is 15.9 Å². The SMILES string of the molecule is COc1ccc(S(=O)(=O)NC[C@@H]2CCCN(C(=O)C3CCCC3)C2)cc1. The van der Waals surface area contributed by atoms with Gasteiger partial charge in [0.25, 0.3) is 0 Å². The quantitative estimate of drug-likeness (QED) is 0.822. The summed E-state index contributed by atoms with van der Waals surface area (Å²) in [5, 5.41) is 0. The minimum Gasteiger partial charge on any atom is -0.497 e. The molecule has 0 radical (unpaired) electrons. The molecule has 1 amide bonds. The van der Waals surface area contributed by atoms with Crippen molar-refractivity contribution in [1.29, 1.82) is 0 Å². The van der Waals surface area contributed by atoms with Crippen LogP contribution in [-0.4, -0.2) is 46.0 Å². The summed E-state index contributed by atoms with van der Waals surface area (Å²) in [7, 11) is -2.00. The van der Waals surface area contributed by atoms with Gasteiger partial charge >= 0.3 is 0 Å². The van der Waals surface area contributed by atoms with Crippen molar-refractivity contribution in [3.8, 4) is 5.75 Å². The van der Waals surface area contributed by atoms with Crippen molar-refractivity contribution in [2.75, 3.05) is 26.7 Å². The lowest BCUT2D eigenvalue weighted by Crippen LogP contribution is -2.45. The molecular formula is C19H28N2O4S. The number of methoxy groups -OCH3 is 1. The van der Waals surface area contributed by atoms with Crippen LogP contribution in [0.1, 0.15) is 38.5 Å². The van der Waals surface area contributed by atoms with E-state index in [2.05, 4.69) is 4.72 Å². The van der Waals surface area contributed by atoms with E-state index in [1.807, 2.05) is 4.90 Å². The molecule has 2 fully saturated rings. The van der Waals surface area contributed by atoms with Crippen molar-refractivity contribution in [2.24, 2.45) is 11.8 Å². The molecule has 1 aliphatic carbocycles. The monoisotopic (exact) mass is 380 g/mol. The van der Waals surface area contributed by atoms with Crippen molar-refractivity contribution in [3.05, 3.63) is 24.3 Å². The van der Waals surface area contributed by atoms with Crippen molar-refractivity contribution < 1.29 is 17.9 Å². The number of nitrogens with zero attached hydrogens (tertiary/aromatic N) is 1. The maximum atomic E-state index is 12.6. The van der Waals surface area contributed by atoms with Crippen LogP contribution in [0.5, 0.6) is 5.75 Å². The van der Waals surface area contributed by atoms with Gasteiger partial charge in [-0.25, -0.2) is 13.1 Å². The number of rotatable bonds is 6. The van der Waals surface area contributed by atoms with Gasteiger partial charge in [-0.2, -0.15) is 0 Å². The lowest BCUT2D eigenvalue weighted by molar-refractivity contribution is -0.137. The van der Waals surface area contributed by atoms with Crippen molar-refractivity contribution in [1.82, 2.24) is 9.62 Å². The van der Waals surface area contributed by atoms with E-state index < -0.39 is 10.0 Å². The first-order valence-electron chi connectivity index (χ1n) is 9.42. The second kappa shape index (κ2) is 8.39. The van der Waals surface area contributed by atoms with Gasteiger partial charge in [0.15, 0.2) is 0 Å². The van der Waals surface area contributed by atoms with E-state index in [0.717, 1.165) is 45.1 Å².